The summed E-state index contributed by atoms with van der Waals surface area (Å²) < 4.78 is 2.51. The van der Waals surface area contributed by atoms with E-state index in [1.165, 1.54) is 18.2 Å². The van der Waals surface area contributed by atoms with Crippen molar-refractivity contribution >= 4 is 38.8 Å². The van der Waals surface area contributed by atoms with E-state index in [1.807, 2.05) is 19.9 Å². The van der Waals surface area contributed by atoms with Gasteiger partial charge in [0.05, 0.1) is 15.1 Å². The lowest BCUT2D eigenvalue weighted by Gasteiger charge is -2.09. The molecule has 0 atom stereocenters. The number of nitrogens with one attached hydrogen (secondary N) is 1. The molecule has 0 aliphatic carbocycles. The second-order valence-electron chi connectivity index (χ2n) is 6.23. The monoisotopic (exact) mass is 371 g/mol. The molecule has 0 unspecified atom stereocenters. The fourth-order valence-corrected chi connectivity index (χ4v) is 3.86. The fraction of sp³-hybridized carbons (Fsp3) is 0.222. The van der Waals surface area contributed by atoms with Gasteiger partial charge in [0.15, 0.2) is 0 Å². The van der Waals surface area contributed by atoms with E-state index in [0.717, 1.165) is 21.6 Å². The van der Waals surface area contributed by atoms with Gasteiger partial charge in [0.25, 0.3) is 11.6 Å². The molecule has 26 heavy (non-hydrogen) atoms. The number of anilines is 1. The van der Waals surface area contributed by atoms with Crippen molar-refractivity contribution in [2.24, 2.45) is 0 Å². The first-order valence-corrected chi connectivity index (χ1v) is 8.81. The number of rotatable bonds is 4. The molecule has 0 aliphatic rings. The number of nitro benzene ring substituents is 1. The first-order chi connectivity index (χ1) is 12.3. The molecule has 7 nitrogen and oxygen atoms in total. The Balaban J connectivity index is 1.89. The summed E-state index contributed by atoms with van der Waals surface area (Å²) >= 11 is 1.13. The predicted molar refractivity (Wildman–Crippen MR) is 102 cm³/mol. The van der Waals surface area contributed by atoms with Crippen LogP contribution < -0.4 is 10.2 Å². The van der Waals surface area contributed by atoms with E-state index < -0.39 is 4.92 Å². The Hall–Kier alpha value is -3.00. The van der Waals surface area contributed by atoms with Gasteiger partial charge in [0.2, 0.25) is 0 Å². The van der Waals surface area contributed by atoms with Crippen LogP contribution in [0.4, 0.5) is 11.4 Å². The summed E-state index contributed by atoms with van der Waals surface area (Å²) in [6.07, 6.45) is 0. The number of aryl methyl sites for hydroxylation is 1. The molecule has 3 aromatic rings. The zero-order valence-corrected chi connectivity index (χ0v) is 15.3. The van der Waals surface area contributed by atoms with E-state index in [4.69, 9.17) is 0 Å². The summed E-state index contributed by atoms with van der Waals surface area (Å²) in [5.41, 5.74) is 2.13. The first kappa shape index (κ1) is 17.8. The van der Waals surface area contributed by atoms with Gasteiger partial charge in [0, 0.05) is 28.9 Å². The Kier molecular flexibility index (Phi) is 4.60. The van der Waals surface area contributed by atoms with Gasteiger partial charge in [-0.05, 0) is 51.1 Å². The molecule has 0 fully saturated rings. The standard InChI is InChI=1S/C18H17N3O4S/c1-10(2)20-15-7-5-13(9-16(15)26-18(20)23)19-17(22)12-4-6-14(21(24)25)11(3)8-12/h4-10H,1-3H3,(H,19,22). The number of benzene rings is 2. The molecular weight excluding hydrogens is 354 g/mol. The zero-order valence-electron chi connectivity index (χ0n) is 14.5. The van der Waals surface area contributed by atoms with E-state index in [1.54, 1.807) is 23.6 Å². The summed E-state index contributed by atoms with van der Waals surface area (Å²) in [5.74, 6) is -0.363. The van der Waals surface area contributed by atoms with Crippen LogP contribution in [0.15, 0.2) is 41.2 Å². The number of carbonyl (C=O) groups excluding carboxylic acids is 1. The third-order valence-electron chi connectivity index (χ3n) is 4.04. The minimum atomic E-state index is -0.480. The summed E-state index contributed by atoms with van der Waals surface area (Å²) in [7, 11) is 0. The highest BCUT2D eigenvalue weighted by atomic mass is 32.1. The molecule has 0 spiro atoms. The van der Waals surface area contributed by atoms with Crippen molar-refractivity contribution in [2.75, 3.05) is 5.32 Å². The SMILES string of the molecule is Cc1cc(C(=O)Nc2ccc3c(c2)sc(=O)n3C(C)C)ccc1[N+](=O)[O-]. The first-order valence-electron chi connectivity index (χ1n) is 7.99. The van der Waals surface area contributed by atoms with Crippen molar-refractivity contribution in [3.63, 3.8) is 0 Å². The minimum absolute atomic E-state index is 0.0252. The molecule has 2 aromatic carbocycles. The number of aromatic nitrogens is 1. The molecule has 1 heterocycles. The second kappa shape index (κ2) is 6.72. The van der Waals surface area contributed by atoms with E-state index in [0.29, 0.717) is 16.8 Å². The van der Waals surface area contributed by atoms with Gasteiger partial charge in [0.1, 0.15) is 0 Å². The van der Waals surface area contributed by atoms with Crippen LogP contribution >= 0.6 is 11.3 Å². The topological polar surface area (TPSA) is 94.2 Å². The van der Waals surface area contributed by atoms with Crippen molar-refractivity contribution in [1.29, 1.82) is 0 Å². The van der Waals surface area contributed by atoms with Crippen molar-refractivity contribution in [2.45, 2.75) is 26.8 Å². The van der Waals surface area contributed by atoms with Crippen molar-refractivity contribution < 1.29 is 9.72 Å². The molecule has 134 valence electrons. The lowest BCUT2D eigenvalue weighted by atomic mass is 10.1. The fourth-order valence-electron chi connectivity index (χ4n) is 2.81. The van der Waals surface area contributed by atoms with Crippen LogP contribution in [0.2, 0.25) is 0 Å². The van der Waals surface area contributed by atoms with Gasteiger partial charge in [-0.15, -0.1) is 0 Å². The van der Waals surface area contributed by atoms with E-state index in [9.17, 15) is 19.7 Å². The molecule has 0 saturated heterocycles. The van der Waals surface area contributed by atoms with Crippen molar-refractivity contribution in [3.05, 3.63) is 67.3 Å². The third-order valence-corrected chi connectivity index (χ3v) is 4.96. The van der Waals surface area contributed by atoms with E-state index in [-0.39, 0.29) is 22.5 Å². The summed E-state index contributed by atoms with van der Waals surface area (Å²) in [6, 6.07) is 9.60. The molecule has 3 rings (SSSR count). The van der Waals surface area contributed by atoms with Gasteiger partial charge >= 0.3 is 4.87 Å². The van der Waals surface area contributed by atoms with E-state index >= 15 is 0 Å². The average Bonchev–Trinajstić information content (AvgIpc) is 2.89. The number of thiazole rings is 1. The van der Waals surface area contributed by atoms with Gasteiger partial charge in [-0.25, -0.2) is 0 Å². The highest BCUT2D eigenvalue weighted by Gasteiger charge is 2.15. The normalized spacial score (nSPS) is 11.1. The quantitative estimate of drug-likeness (QED) is 0.551. The van der Waals surface area contributed by atoms with Crippen LogP contribution in [0.3, 0.4) is 0 Å². The molecule has 0 saturated carbocycles. The summed E-state index contributed by atoms with van der Waals surface area (Å²) in [6.45, 7) is 5.48. The van der Waals surface area contributed by atoms with Crippen LogP contribution in [0.25, 0.3) is 10.2 Å². The molecule has 1 N–H and O–H groups in total. The largest absolute Gasteiger partial charge is 0.322 e. The molecule has 0 aliphatic heterocycles. The summed E-state index contributed by atoms with van der Waals surface area (Å²) in [5, 5.41) is 13.6. The Morgan fingerprint density at radius 3 is 2.58 bits per heavy atom. The Morgan fingerprint density at radius 1 is 1.23 bits per heavy atom. The number of carbonyl (C=O) groups is 1. The average molecular weight is 371 g/mol. The number of nitrogens with zero attached hydrogens (tertiary/aromatic N) is 2. The van der Waals surface area contributed by atoms with Crippen LogP contribution in [0, 0.1) is 17.0 Å². The lowest BCUT2D eigenvalue weighted by Crippen LogP contribution is -2.14. The maximum Gasteiger partial charge on any atom is 0.308 e. The molecule has 1 amide bonds. The zero-order chi connectivity index (χ0) is 19.0. The highest BCUT2D eigenvalue weighted by Crippen LogP contribution is 2.25. The lowest BCUT2D eigenvalue weighted by molar-refractivity contribution is -0.385. The van der Waals surface area contributed by atoms with Crippen molar-refractivity contribution in [3.8, 4) is 0 Å². The van der Waals surface area contributed by atoms with Crippen molar-refractivity contribution in [1.82, 2.24) is 4.57 Å². The molecule has 8 heteroatoms. The third kappa shape index (κ3) is 3.23. The minimum Gasteiger partial charge on any atom is -0.322 e. The molecule has 0 radical (unpaired) electrons. The van der Waals surface area contributed by atoms with Crippen LogP contribution in [-0.2, 0) is 0 Å². The smallest absolute Gasteiger partial charge is 0.308 e. The maximum atomic E-state index is 12.4. The predicted octanol–water partition coefficient (Wildman–Crippen LogP) is 4.11. The van der Waals surface area contributed by atoms with Gasteiger partial charge < -0.3 is 5.32 Å². The number of hydrogen-bond acceptors (Lipinski definition) is 5. The van der Waals surface area contributed by atoms with Gasteiger partial charge in [-0.3, -0.25) is 24.3 Å². The van der Waals surface area contributed by atoms with Gasteiger partial charge in [-0.2, -0.15) is 0 Å². The number of amides is 1. The number of nitro groups is 1. The highest BCUT2D eigenvalue weighted by molar-refractivity contribution is 7.16. The molecular formula is C18H17N3O4S. The number of fused-ring (bicyclic) bond motifs is 1. The maximum absolute atomic E-state index is 12.4. The Bertz CT molecular complexity index is 1080. The van der Waals surface area contributed by atoms with Crippen LogP contribution in [0.1, 0.15) is 35.8 Å². The van der Waals surface area contributed by atoms with Gasteiger partial charge in [-0.1, -0.05) is 11.3 Å². The second-order valence-corrected chi connectivity index (χ2v) is 7.22. The van der Waals surface area contributed by atoms with Crippen LogP contribution in [0.5, 0.6) is 0 Å². The Morgan fingerprint density at radius 2 is 1.96 bits per heavy atom. The van der Waals surface area contributed by atoms with Crippen LogP contribution in [-0.4, -0.2) is 15.4 Å². The number of hydrogen-bond donors (Lipinski definition) is 1. The molecule has 0 bridgehead atoms. The Labute approximate surface area is 153 Å². The summed E-state index contributed by atoms with van der Waals surface area (Å²) in [4.78, 5) is 34.9. The molecule has 1 aromatic heterocycles. The van der Waals surface area contributed by atoms with E-state index in [2.05, 4.69) is 5.32 Å².